The van der Waals surface area contributed by atoms with E-state index >= 15 is 0 Å². The van der Waals surface area contributed by atoms with Gasteiger partial charge in [-0.15, -0.1) is 0 Å². The number of unbranched alkanes of at least 4 members (excludes halogenated alkanes) is 4. The molecule has 2 aromatic carbocycles. The molecule has 0 atom stereocenters. The number of hydroxylamine groups is 1. The number of amides is 1. The lowest BCUT2D eigenvalue weighted by atomic mass is 10.1. The van der Waals surface area contributed by atoms with Crippen molar-refractivity contribution in [1.82, 2.24) is 25.2 Å². The van der Waals surface area contributed by atoms with E-state index in [0.717, 1.165) is 78.1 Å². The average molecular weight is 517 g/mol. The number of nitrogens with zero attached hydrogens (tertiary/aromatic N) is 5. The zero-order chi connectivity index (χ0) is 26.9. The van der Waals surface area contributed by atoms with Gasteiger partial charge in [0.05, 0.1) is 5.52 Å². The van der Waals surface area contributed by atoms with Crippen LogP contribution in [-0.2, 0) is 11.8 Å². The molecule has 0 spiro atoms. The van der Waals surface area contributed by atoms with E-state index in [1.807, 2.05) is 54.0 Å². The highest BCUT2D eigenvalue weighted by Crippen LogP contribution is 2.27. The van der Waals surface area contributed by atoms with E-state index in [1.165, 1.54) is 0 Å². The zero-order valence-corrected chi connectivity index (χ0v) is 22.2. The number of hydrogen-bond donors (Lipinski definition) is 4. The monoisotopic (exact) mass is 516 g/mol. The van der Waals surface area contributed by atoms with E-state index < -0.39 is 0 Å². The van der Waals surface area contributed by atoms with Gasteiger partial charge in [-0.25, -0.2) is 10.5 Å². The summed E-state index contributed by atoms with van der Waals surface area (Å²) in [6, 6.07) is 16.2. The number of carbonyl (C=O) groups excluding carboxylic acids is 1. The normalized spacial score (nSPS) is 10.9. The second kappa shape index (κ2) is 12.9. The number of hydrogen-bond acceptors (Lipinski definition) is 8. The number of nitrogens with one attached hydrogen (secondary N) is 3. The van der Waals surface area contributed by atoms with Gasteiger partial charge in [0.25, 0.3) is 0 Å². The van der Waals surface area contributed by atoms with E-state index in [-0.39, 0.29) is 5.91 Å². The van der Waals surface area contributed by atoms with Crippen LogP contribution in [0.3, 0.4) is 0 Å². The van der Waals surface area contributed by atoms with Crippen molar-refractivity contribution in [3.05, 3.63) is 60.4 Å². The van der Waals surface area contributed by atoms with Gasteiger partial charge in [0.15, 0.2) is 0 Å². The Morgan fingerprint density at radius 2 is 1.74 bits per heavy atom. The summed E-state index contributed by atoms with van der Waals surface area (Å²) in [5, 5.41) is 21.0. The molecular weight excluding hydrogens is 480 g/mol. The van der Waals surface area contributed by atoms with Crippen LogP contribution in [0.1, 0.15) is 44.2 Å². The van der Waals surface area contributed by atoms with Crippen molar-refractivity contribution in [2.75, 3.05) is 29.1 Å². The summed E-state index contributed by atoms with van der Waals surface area (Å²) in [5.74, 6) is 0.996. The Morgan fingerprint density at radius 3 is 2.53 bits per heavy atom. The molecule has 10 nitrogen and oxygen atoms in total. The van der Waals surface area contributed by atoms with Crippen LogP contribution in [0, 0.1) is 6.92 Å². The summed E-state index contributed by atoms with van der Waals surface area (Å²) in [6.45, 7) is 2.96. The standard InChI is InChI=1S/C28H36N8O2/c1-20-24-15-14-23(19-25(24)33-36(20)3)35(2)26-16-18-30-28(32-26)31-22-12-10-21(11-13-22)29-17-8-6-4-5-7-9-27(37)34-38/h10-16,18-19,29,38H,4-9,17H2,1-3H3,(H,34,37)(H,30,31,32). The largest absolute Gasteiger partial charge is 0.385 e. The SMILES string of the molecule is Cc1c2ccc(N(C)c3ccnc(Nc4ccc(NCCCCCCCC(=O)NO)cc4)n3)cc2nn1C. The number of carbonyl (C=O) groups is 1. The van der Waals surface area contributed by atoms with Crippen LogP contribution >= 0.6 is 0 Å². The Kier molecular flexibility index (Phi) is 9.10. The second-order valence-corrected chi connectivity index (χ2v) is 9.39. The van der Waals surface area contributed by atoms with Gasteiger partial charge in [0.2, 0.25) is 11.9 Å². The van der Waals surface area contributed by atoms with Crippen molar-refractivity contribution in [3.8, 4) is 0 Å². The third-order valence-corrected chi connectivity index (χ3v) is 6.66. The molecule has 0 aliphatic heterocycles. The van der Waals surface area contributed by atoms with E-state index in [1.54, 1.807) is 11.7 Å². The number of rotatable bonds is 13. The van der Waals surface area contributed by atoms with Gasteiger partial charge >= 0.3 is 0 Å². The first-order valence-electron chi connectivity index (χ1n) is 13.0. The maximum Gasteiger partial charge on any atom is 0.243 e. The molecule has 4 N–H and O–H groups in total. The van der Waals surface area contributed by atoms with Crippen molar-refractivity contribution >= 4 is 45.6 Å². The lowest BCUT2D eigenvalue weighted by Crippen LogP contribution is -2.17. The summed E-state index contributed by atoms with van der Waals surface area (Å²) in [4.78, 5) is 22.1. The molecule has 0 bridgehead atoms. The van der Waals surface area contributed by atoms with Gasteiger partial charge < -0.3 is 15.5 Å². The number of aryl methyl sites for hydroxylation is 2. The second-order valence-electron chi connectivity index (χ2n) is 9.39. The Labute approximate surface area is 223 Å². The molecule has 0 aliphatic rings. The van der Waals surface area contributed by atoms with Crippen molar-refractivity contribution in [2.24, 2.45) is 7.05 Å². The van der Waals surface area contributed by atoms with Gasteiger partial charge in [0, 0.05) is 61.4 Å². The van der Waals surface area contributed by atoms with Crippen LogP contribution in [0.25, 0.3) is 10.9 Å². The molecule has 0 aliphatic carbocycles. The van der Waals surface area contributed by atoms with E-state index in [4.69, 9.17) is 10.2 Å². The predicted molar refractivity (Wildman–Crippen MR) is 151 cm³/mol. The summed E-state index contributed by atoms with van der Waals surface area (Å²) in [6.07, 6.45) is 7.17. The molecule has 38 heavy (non-hydrogen) atoms. The van der Waals surface area contributed by atoms with Crippen LogP contribution in [0.2, 0.25) is 0 Å². The molecule has 0 fully saturated rings. The predicted octanol–water partition coefficient (Wildman–Crippen LogP) is 5.44. The fraction of sp³-hybridized carbons (Fsp3) is 0.357. The average Bonchev–Trinajstić information content (AvgIpc) is 3.22. The smallest absolute Gasteiger partial charge is 0.243 e. The summed E-state index contributed by atoms with van der Waals surface area (Å²) in [5.41, 5.74) is 6.74. The topological polar surface area (TPSA) is 120 Å². The molecule has 1 amide bonds. The van der Waals surface area contributed by atoms with Gasteiger partial charge in [-0.1, -0.05) is 19.3 Å². The first kappa shape index (κ1) is 26.9. The van der Waals surface area contributed by atoms with Crippen LogP contribution in [-0.4, -0.2) is 44.5 Å². The number of benzene rings is 2. The number of aromatic nitrogens is 4. The molecule has 200 valence electrons. The third kappa shape index (κ3) is 6.98. The van der Waals surface area contributed by atoms with Crippen molar-refractivity contribution in [3.63, 3.8) is 0 Å². The maximum atomic E-state index is 11.0. The van der Waals surface area contributed by atoms with Gasteiger partial charge in [-0.2, -0.15) is 10.1 Å². The first-order chi connectivity index (χ1) is 18.4. The molecule has 0 unspecified atom stereocenters. The third-order valence-electron chi connectivity index (χ3n) is 6.66. The molecule has 0 saturated heterocycles. The lowest BCUT2D eigenvalue weighted by Gasteiger charge is -2.19. The fourth-order valence-corrected chi connectivity index (χ4v) is 4.29. The Bertz CT molecular complexity index is 1350. The zero-order valence-electron chi connectivity index (χ0n) is 22.2. The molecule has 10 heteroatoms. The highest BCUT2D eigenvalue weighted by Gasteiger charge is 2.11. The summed E-state index contributed by atoms with van der Waals surface area (Å²) < 4.78 is 1.90. The van der Waals surface area contributed by atoms with Crippen LogP contribution in [0.5, 0.6) is 0 Å². The van der Waals surface area contributed by atoms with Crippen molar-refractivity contribution in [1.29, 1.82) is 0 Å². The van der Waals surface area contributed by atoms with E-state index in [9.17, 15) is 4.79 Å². The minimum absolute atomic E-state index is 0.315. The minimum atomic E-state index is -0.315. The summed E-state index contributed by atoms with van der Waals surface area (Å²) in [7, 11) is 3.94. The van der Waals surface area contributed by atoms with E-state index in [2.05, 4.69) is 45.8 Å². The van der Waals surface area contributed by atoms with Crippen LogP contribution in [0.15, 0.2) is 54.7 Å². The quantitative estimate of drug-likeness (QED) is 0.105. The van der Waals surface area contributed by atoms with Gasteiger partial charge in [-0.05, 0) is 68.3 Å². The highest BCUT2D eigenvalue weighted by molar-refractivity contribution is 5.85. The highest BCUT2D eigenvalue weighted by atomic mass is 16.5. The number of fused-ring (bicyclic) bond motifs is 1. The van der Waals surface area contributed by atoms with Gasteiger partial charge in [-0.3, -0.25) is 14.7 Å². The molecule has 0 saturated carbocycles. The van der Waals surface area contributed by atoms with Crippen molar-refractivity contribution < 1.29 is 10.0 Å². The van der Waals surface area contributed by atoms with E-state index in [0.29, 0.717) is 12.4 Å². The van der Waals surface area contributed by atoms with Crippen LogP contribution in [0.4, 0.5) is 28.8 Å². The molecule has 4 aromatic rings. The molecule has 2 heterocycles. The Morgan fingerprint density at radius 1 is 1.00 bits per heavy atom. The van der Waals surface area contributed by atoms with Crippen LogP contribution < -0.4 is 21.0 Å². The maximum absolute atomic E-state index is 11.0. The summed E-state index contributed by atoms with van der Waals surface area (Å²) >= 11 is 0. The molecular formula is C28H36N8O2. The minimum Gasteiger partial charge on any atom is -0.385 e. The first-order valence-corrected chi connectivity index (χ1v) is 13.0. The molecule has 4 rings (SSSR count). The molecule has 0 radical (unpaired) electrons. The van der Waals surface area contributed by atoms with Crippen molar-refractivity contribution in [2.45, 2.75) is 45.4 Å². The molecule has 2 aromatic heterocycles. The van der Waals surface area contributed by atoms with Gasteiger partial charge in [0.1, 0.15) is 5.82 Å². The fourth-order valence-electron chi connectivity index (χ4n) is 4.29. The Balaban J connectivity index is 1.26. The number of anilines is 5. The lowest BCUT2D eigenvalue weighted by molar-refractivity contribution is -0.129. The Hall–Kier alpha value is -4.18.